The average Bonchev–Trinajstić information content (AvgIpc) is 2.39. The van der Waals surface area contributed by atoms with E-state index in [-0.39, 0.29) is 5.82 Å². The third-order valence-corrected chi connectivity index (χ3v) is 2.89. The van der Waals surface area contributed by atoms with E-state index in [9.17, 15) is 4.39 Å². The van der Waals surface area contributed by atoms with Gasteiger partial charge in [-0.25, -0.2) is 4.39 Å². The van der Waals surface area contributed by atoms with E-state index in [0.29, 0.717) is 13.2 Å². The molecule has 0 heterocycles. The Bertz CT molecular complexity index is 437. The van der Waals surface area contributed by atoms with Crippen molar-refractivity contribution in [3.63, 3.8) is 0 Å². The molecule has 0 bridgehead atoms. The molecule has 0 fully saturated rings. The molecule has 0 aliphatic heterocycles. The molecule has 0 radical (unpaired) electrons. The molecule has 4 heteroatoms. The third-order valence-electron chi connectivity index (χ3n) is 2.36. The normalized spacial score (nSPS) is 10.1. The van der Waals surface area contributed by atoms with E-state index in [2.05, 4.69) is 21.2 Å². The van der Waals surface area contributed by atoms with Crippen molar-refractivity contribution in [1.82, 2.24) is 0 Å². The van der Waals surface area contributed by atoms with Gasteiger partial charge >= 0.3 is 0 Å². The van der Waals surface area contributed by atoms with E-state index < -0.39 is 0 Å². The first-order valence-electron chi connectivity index (χ1n) is 5.62. The van der Waals surface area contributed by atoms with Gasteiger partial charge in [0, 0.05) is 16.7 Å². The average molecular weight is 310 g/mol. The summed E-state index contributed by atoms with van der Waals surface area (Å²) in [4.78, 5) is 0. The lowest BCUT2D eigenvalue weighted by molar-refractivity contribution is 0.333. The van der Waals surface area contributed by atoms with Gasteiger partial charge in [0.25, 0.3) is 0 Å². The van der Waals surface area contributed by atoms with Crippen molar-refractivity contribution >= 4 is 21.6 Å². The minimum atomic E-state index is -0.230. The van der Waals surface area contributed by atoms with Crippen molar-refractivity contribution in [2.45, 2.75) is 0 Å². The molecule has 0 saturated heterocycles. The first kappa shape index (κ1) is 12.9. The molecular formula is C14H13BrFNO. The van der Waals surface area contributed by atoms with E-state index in [4.69, 9.17) is 4.74 Å². The number of hydrogen-bond donors (Lipinski definition) is 1. The molecule has 2 rings (SSSR count). The minimum Gasteiger partial charge on any atom is -0.492 e. The maximum Gasteiger partial charge on any atom is 0.123 e. The van der Waals surface area contributed by atoms with Crippen molar-refractivity contribution in [3.05, 3.63) is 58.8 Å². The Kier molecular flexibility index (Phi) is 4.59. The molecule has 94 valence electrons. The van der Waals surface area contributed by atoms with Crippen LogP contribution in [0.25, 0.3) is 0 Å². The Hall–Kier alpha value is -1.55. The Labute approximate surface area is 114 Å². The topological polar surface area (TPSA) is 21.3 Å². The first-order valence-corrected chi connectivity index (χ1v) is 6.41. The fourth-order valence-electron chi connectivity index (χ4n) is 1.46. The van der Waals surface area contributed by atoms with Gasteiger partial charge in [-0.1, -0.05) is 15.9 Å². The summed E-state index contributed by atoms with van der Waals surface area (Å²) in [6, 6.07) is 13.9. The van der Waals surface area contributed by atoms with Crippen LogP contribution in [0.4, 0.5) is 10.1 Å². The molecule has 2 nitrogen and oxygen atoms in total. The van der Waals surface area contributed by atoms with Crippen molar-refractivity contribution in [2.75, 3.05) is 18.5 Å². The second-order valence-corrected chi connectivity index (χ2v) is 4.65. The smallest absolute Gasteiger partial charge is 0.123 e. The molecule has 0 aromatic heterocycles. The van der Waals surface area contributed by atoms with Gasteiger partial charge < -0.3 is 10.1 Å². The molecule has 0 aliphatic rings. The fourth-order valence-corrected chi connectivity index (χ4v) is 1.73. The minimum absolute atomic E-state index is 0.230. The second-order valence-electron chi connectivity index (χ2n) is 3.74. The van der Waals surface area contributed by atoms with Gasteiger partial charge in [-0.15, -0.1) is 0 Å². The molecule has 0 amide bonds. The molecule has 0 spiro atoms. The Morgan fingerprint density at radius 1 is 1.00 bits per heavy atom. The van der Waals surface area contributed by atoms with Gasteiger partial charge in [-0.2, -0.15) is 0 Å². The highest BCUT2D eigenvalue weighted by atomic mass is 79.9. The summed E-state index contributed by atoms with van der Waals surface area (Å²) in [6.07, 6.45) is 0. The summed E-state index contributed by atoms with van der Waals surface area (Å²) in [5, 5.41) is 3.15. The summed E-state index contributed by atoms with van der Waals surface area (Å²) < 4.78 is 19.2. The largest absolute Gasteiger partial charge is 0.492 e. The van der Waals surface area contributed by atoms with Crippen molar-refractivity contribution in [2.24, 2.45) is 0 Å². The van der Waals surface area contributed by atoms with Gasteiger partial charge in [0.2, 0.25) is 0 Å². The van der Waals surface area contributed by atoms with Crippen LogP contribution in [0.3, 0.4) is 0 Å². The van der Waals surface area contributed by atoms with Gasteiger partial charge in [-0.05, 0) is 48.5 Å². The van der Waals surface area contributed by atoms with Crippen molar-refractivity contribution in [1.29, 1.82) is 0 Å². The van der Waals surface area contributed by atoms with Crippen LogP contribution < -0.4 is 10.1 Å². The molecule has 2 aromatic rings. The van der Waals surface area contributed by atoms with Gasteiger partial charge in [0.15, 0.2) is 0 Å². The lowest BCUT2D eigenvalue weighted by atomic mass is 10.3. The zero-order valence-electron chi connectivity index (χ0n) is 9.70. The number of ether oxygens (including phenoxy) is 1. The molecule has 1 N–H and O–H groups in total. The predicted molar refractivity (Wildman–Crippen MR) is 74.5 cm³/mol. The summed E-state index contributed by atoms with van der Waals surface area (Å²) in [5.41, 5.74) is 0.885. The van der Waals surface area contributed by atoms with Crippen LogP contribution in [0.15, 0.2) is 53.0 Å². The highest BCUT2D eigenvalue weighted by Crippen LogP contribution is 2.16. The maximum absolute atomic E-state index is 12.7. The monoisotopic (exact) mass is 309 g/mol. The number of nitrogens with one attached hydrogen (secondary N) is 1. The zero-order chi connectivity index (χ0) is 12.8. The molecular weight excluding hydrogens is 297 g/mol. The number of hydrogen-bond acceptors (Lipinski definition) is 2. The number of anilines is 1. The Morgan fingerprint density at radius 3 is 2.33 bits per heavy atom. The molecule has 0 aliphatic carbocycles. The highest BCUT2D eigenvalue weighted by Gasteiger charge is 1.95. The van der Waals surface area contributed by atoms with Crippen LogP contribution in [0.1, 0.15) is 0 Å². The van der Waals surface area contributed by atoms with Crippen molar-refractivity contribution in [3.8, 4) is 5.75 Å². The summed E-state index contributed by atoms with van der Waals surface area (Å²) in [6.45, 7) is 1.22. The van der Waals surface area contributed by atoms with Crippen LogP contribution in [0.5, 0.6) is 5.75 Å². The van der Waals surface area contributed by atoms with Crippen LogP contribution in [0, 0.1) is 5.82 Å². The first-order chi connectivity index (χ1) is 8.74. The maximum atomic E-state index is 12.7. The van der Waals surface area contributed by atoms with E-state index in [0.717, 1.165) is 15.9 Å². The molecule has 2 aromatic carbocycles. The van der Waals surface area contributed by atoms with Crippen LogP contribution >= 0.6 is 15.9 Å². The van der Waals surface area contributed by atoms with Crippen LogP contribution in [-0.2, 0) is 0 Å². The molecule has 18 heavy (non-hydrogen) atoms. The molecule has 0 atom stereocenters. The highest BCUT2D eigenvalue weighted by molar-refractivity contribution is 9.10. The fraction of sp³-hybridized carbons (Fsp3) is 0.143. The summed E-state index contributed by atoms with van der Waals surface area (Å²) >= 11 is 3.37. The molecule has 0 unspecified atom stereocenters. The summed E-state index contributed by atoms with van der Waals surface area (Å²) in [5.74, 6) is 0.603. The quantitative estimate of drug-likeness (QED) is 0.840. The second kappa shape index (κ2) is 6.40. The van der Waals surface area contributed by atoms with Gasteiger partial charge in [-0.3, -0.25) is 0 Å². The molecule has 0 saturated carbocycles. The standard InChI is InChI=1S/C14H13BrFNO/c15-11-1-7-14(8-2-11)18-10-9-17-13-5-3-12(16)4-6-13/h1-8,17H,9-10H2. The van der Waals surface area contributed by atoms with E-state index in [1.807, 2.05) is 24.3 Å². The van der Waals surface area contributed by atoms with E-state index >= 15 is 0 Å². The lowest BCUT2D eigenvalue weighted by Gasteiger charge is -2.08. The number of benzene rings is 2. The third kappa shape index (κ3) is 4.04. The van der Waals surface area contributed by atoms with E-state index in [1.54, 1.807) is 12.1 Å². The van der Waals surface area contributed by atoms with Crippen LogP contribution in [0.2, 0.25) is 0 Å². The number of halogens is 2. The van der Waals surface area contributed by atoms with Gasteiger partial charge in [0.1, 0.15) is 18.2 Å². The SMILES string of the molecule is Fc1ccc(NCCOc2ccc(Br)cc2)cc1. The Balaban J connectivity index is 1.73. The summed E-state index contributed by atoms with van der Waals surface area (Å²) in [7, 11) is 0. The van der Waals surface area contributed by atoms with Crippen LogP contribution in [-0.4, -0.2) is 13.2 Å². The van der Waals surface area contributed by atoms with Gasteiger partial charge in [0.05, 0.1) is 0 Å². The predicted octanol–water partition coefficient (Wildman–Crippen LogP) is 4.08. The Morgan fingerprint density at radius 2 is 1.67 bits per heavy atom. The lowest BCUT2D eigenvalue weighted by Crippen LogP contribution is -2.11. The zero-order valence-corrected chi connectivity index (χ0v) is 11.3. The van der Waals surface area contributed by atoms with E-state index in [1.165, 1.54) is 12.1 Å². The number of rotatable bonds is 5. The van der Waals surface area contributed by atoms with Crippen molar-refractivity contribution < 1.29 is 9.13 Å².